The smallest absolute Gasteiger partial charge is 0.348 e. The number of methoxy groups -OCH3 is 2. The number of hydrogen-bond donors (Lipinski definition) is 1. The van der Waals surface area contributed by atoms with E-state index in [9.17, 15) is 19.2 Å². The summed E-state index contributed by atoms with van der Waals surface area (Å²) in [5, 5.41) is 2.57. The van der Waals surface area contributed by atoms with E-state index >= 15 is 0 Å². The number of esters is 3. The number of carbonyl (C=O) groups excluding carboxylic acids is 4. The number of anilines is 1. The monoisotopic (exact) mass is 461 g/mol. The minimum atomic E-state index is -0.723. The van der Waals surface area contributed by atoms with Crippen LogP contribution < -0.4 is 10.1 Å². The van der Waals surface area contributed by atoms with Gasteiger partial charge in [-0.25, -0.2) is 14.4 Å². The second-order valence-corrected chi connectivity index (χ2v) is 7.26. The lowest BCUT2D eigenvalue weighted by atomic mass is 10.1. The first-order valence-electron chi connectivity index (χ1n) is 9.48. The molecule has 10 heteroatoms. The number of carbonyl (C=O) groups is 4. The van der Waals surface area contributed by atoms with Gasteiger partial charge >= 0.3 is 17.9 Å². The number of ether oxygens (including phenoxy) is 4. The Balaban J connectivity index is 1.99. The van der Waals surface area contributed by atoms with Crippen LogP contribution in [0.15, 0.2) is 30.3 Å². The van der Waals surface area contributed by atoms with Crippen molar-refractivity contribution in [2.24, 2.45) is 0 Å². The van der Waals surface area contributed by atoms with Gasteiger partial charge in [0.2, 0.25) is 0 Å². The Hall–Kier alpha value is -3.66. The van der Waals surface area contributed by atoms with Crippen LogP contribution in [0.25, 0.3) is 6.08 Å². The zero-order valence-corrected chi connectivity index (χ0v) is 18.9. The minimum absolute atomic E-state index is 0.0352. The zero-order valence-electron chi connectivity index (χ0n) is 18.1. The molecule has 0 aliphatic rings. The van der Waals surface area contributed by atoms with E-state index in [1.165, 1.54) is 33.3 Å². The van der Waals surface area contributed by atoms with E-state index in [1.54, 1.807) is 24.3 Å². The van der Waals surface area contributed by atoms with Crippen LogP contribution in [-0.2, 0) is 23.8 Å². The summed E-state index contributed by atoms with van der Waals surface area (Å²) in [5.41, 5.74) is 1.11. The van der Waals surface area contributed by atoms with E-state index in [0.717, 1.165) is 22.6 Å². The molecule has 0 fully saturated rings. The maximum absolute atomic E-state index is 12.2. The van der Waals surface area contributed by atoms with Gasteiger partial charge in [0.15, 0.2) is 6.61 Å². The molecule has 32 heavy (non-hydrogen) atoms. The van der Waals surface area contributed by atoms with Gasteiger partial charge in [-0.05, 0) is 43.2 Å². The molecular formula is C22H23NO8S. The van der Waals surface area contributed by atoms with Crippen LogP contribution in [0.1, 0.15) is 38.1 Å². The highest BCUT2D eigenvalue weighted by molar-refractivity contribution is 7.18. The Kier molecular flexibility index (Phi) is 8.96. The number of thiophene rings is 1. The van der Waals surface area contributed by atoms with Crippen molar-refractivity contribution < 1.29 is 38.1 Å². The molecule has 0 unspecified atom stereocenters. The lowest BCUT2D eigenvalue weighted by Crippen LogP contribution is -2.21. The van der Waals surface area contributed by atoms with Gasteiger partial charge in [-0.15, -0.1) is 11.3 Å². The molecule has 0 spiro atoms. The Bertz CT molecular complexity index is 1020. The summed E-state index contributed by atoms with van der Waals surface area (Å²) in [6.45, 7) is 3.39. The quantitative estimate of drug-likeness (QED) is 0.344. The second kappa shape index (κ2) is 11.7. The maximum atomic E-state index is 12.2. The first-order valence-corrected chi connectivity index (χ1v) is 10.3. The fourth-order valence-corrected chi connectivity index (χ4v) is 3.72. The van der Waals surface area contributed by atoms with Crippen molar-refractivity contribution in [2.45, 2.75) is 13.8 Å². The van der Waals surface area contributed by atoms with E-state index < -0.39 is 30.4 Å². The summed E-state index contributed by atoms with van der Waals surface area (Å²) in [7, 11) is 2.39. The van der Waals surface area contributed by atoms with Crippen molar-refractivity contribution in [1.29, 1.82) is 0 Å². The van der Waals surface area contributed by atoms with Gasteiger partial charge in [-0.2, -0.15) is 0 Å². The van der Waals surface area contributed by atoms with E-state index in [-0.39, 0.29) is 15.4 Å². The van der Waals surface area contributed by atoms with Crippen molar-refractivity contribution in [1.82, 2.24) is 0 Å². The molecule has 0 saturated heterocycles. The summed E-state index contributed by atoms with van der Waals surface area (Å²) >= 11 is 0.865. The van der Waals surface area contributed by atoms with E-state index in [1.807, 2.05) is 6.92 Å². The van der Waals surface area contributed by atoms with Crippen molar-refractivity contribution in [3.8, 4) is 5.75 Å². The van der Waals surface area contributed by atoms with Gasteiger partial charge in [0, 0.05) is 6.08 Å². The second-order valence-electron chi connectivity index (χ2n) is 6.23. The van der Waals surface area contributed by atoms with E-state index in [4.69, 9.17) is 14.2 Å². The number of hydrogen-bond acceptors (Lipinski definition) is 9. The molecule has 1 aromatic heterocycles. The lowest BCUT2D eigenvalue weighted by molar-refractivity contribution is -0.142. The van der Waals surface area contributed by atoms with Crippen LogP contribution in [0.5, 0.6) is 5.75 Å². The molecule has 170 valence electrons. The third-order valence-corrected chi connectivity index (χ3v) is 5.30. The first kappa shape index (κ1) is 24.6. The standard InChI is InChI=1S/C22H23NO8S/c1-5-30-15-9-6-14(7-10-15)8-11-17(25)31-12-16(24)23-20-18(21(26)28-3)13(2)19(32-20)22(27)29-4/h6-11H,5,12H2,1-4H3,(H,23,24)/b11-8+. The molecule has 0 radical (unpaired) electrons. The van der Waals surface area contributed by atoms with Crippen LogP contribution in [0, 0.1) is 6.92 Å². The average molecular weight is 461 g/mol. The third-order valence-electron chi connectivity index (χ3n) is 4.11. The molecule has 2 aromatic rings. The van der Waals surface area contributed by atoms with Crippen LogP contribution in [-0.4, -0.2) is 51.2 Å². The Morgan fingerprint density at radius 3 is 2.28 bits per heavy atom. The highest BCUT2D eigenvalue weighted by atomic mass is 32.1. The lowest BCUT2D eigenvalue weighted by Gasteiger charge is -2.06. The Morgan fingerprint density at radius 1 is 1.03 bits per heavy atom. The maximum Gasteiger partial charge on any atom is 0.348 e. The van der Waals surface area contributed by atoms with Crippen LogP contribution in [0.3, 0.4) is 0 Å². The van der Waals surface area contributed by atoms with Gasteiger partial charge in [0.1, 0.15) is 15.6 Å². The molecule has 1 N–H and O–H groups in total. The van der Waals surface area contributed by atoms with Crippen molar-refractivity contribution >= 4 is 46.2 Å². The fourth-order valence-electron chi connectivity index (χ4n) is 2.59. The SMILES string of the molecule is CCOc1ccc(/C=C/C(=O)OCC(=O)Nc2sc(C(=O)OC)c(C)c2C(=O)OC)cc1. The molecule has 0 saturated carbocycles. The van der Waals surface area contributed by atoms with Gasteiger partial charge < -0.3 is 24.3 Å². The molecule has 0 aliphatic heterocycles. The van der Waals surface area contributed by atoms with E-state index in [2.05, 4.69) is 10.1 Å². The molecule has 1 amide bonds. The van der Waals surface area contributed by atoms with Crippen molar-refractivity contribution in [2.75, 3.05) is 32.8 Å². The molecule has 0 atom stereocenters. The predicted molar refractivity (Wildman–Crippen MR) is 118 cm³/mol. The molecule has 0 bridgehead atoms. The third kappa shape index (κ3) is 6.42. The molecule has 0 aliphatic carbocycles. The van der Waals surface area contributed by atoms with Gasteiger partial charge in [0.25, 0.3) is 5.91 Å². The Morgan fingerprint density at radius 2 is 1.69 bits per heavy atom. The van der Waals surface area contributed by atoms with Gasteiger partial charge in [-0.3, -0.25) is 4.79 Å². The predicted octanol–water partition coefficient (Wildman–Crippen LogP) is 3.22. The summed E-state index contributed by atoms with van der Waals surface area (Å²) in [4.78, 5) is 48.3. The topological polar surface area (TPSA) is 117 Å². The number of nitrogens with one attached hydrogen (secondary N) is 1. The molecule has 1 heterocycles. The summed E-state index contributed by atoms with van der Waals surface area (Å²) in [5.74, 6) is -2.06. The van der Waals surface area contributed by atoms with Crippen LogP contribution >= 0.6 is 11.3 Å². The Labute approximate surface area is 188 Å². The van der Waals surface area contributed by atoms with Crippen molar-refractivity contribution in [3.63, 3.8) is 0 Å². The average Bonchev–Trinajstić information content (AvgIpc) is 3.11. The fraction of sp³-hybridized carbons (Fsp3) is 0.273. The largest absolute Gasteiger partial charge is 0.494 e. The zero-order chi connectivity index (χ0) is 23.7. The summed E-state index contributed by atoms with van der Waals surface area (Å²) in [6.07, 6.45) is 2.73. The number of benzene rings is 1. The molecule has 2 rings (SSSR count). The molecule has 9 nitrogen and oxygen atoms in total. The van der Waals surface area contributed by atoms with E-state index in [0.29, 0.717) is 12.2 Å². The first-order chi connectivity index (χ1) is 15.3. The molecular weight excluding hydrogens is 438 g/mol. The molecule has 1 aromatic carbocycles. The number of rotatable bonds is 9. The highest BCUT2D eigenvalue weighted by Crippen LogP contribution is 2.34. The van der Waals surface area contributed by atoms with Gasteiger partial charge in [-0.1, -0.05) is 12.1 Å². The normalized spacial score (nSPS) is 10.5. The highest BCUT2D eigenvalue weighted by Gasteiger charge is 2.26. The summed E-state index contributed by atoms with van der Waals surface area (Å²) in [6, 6.07) is 7.08. The summed E-state index contributed by atoms with van der Waals surface area (Å²) < 4.78 is 19.7. The van der Waals surface area contributed by atoms with Crippen LogP contribution in [0.2, 0.25) is 0 Å². The number of amides is 1. The van der Waals surface area contributed by atoms with Gasteiger partial charge in [0.05, 0.1) is 26.4 Å². The van der Waals surface area contributed by atoms with Crippen LogP contribution in [0.4, 0.5) is 5.00 Å². The van der Waals surface area contributed by atoms with Crippen molar-refractivity contribution in [3.05, 3.63) is 51.9 Å². The minimum Gasteiger partial charge on any atom is -0.494 e.